The standard InChI is InChI=1S/C11H13FN2O2/c1-15-10-5-7(9(14)3-4-13)8(12)6-11(10)16-2/h5-6,9H,3,14H2,1-2H3/t9-/m0/s1. The molecule has 0 saturated carbocycles. The average Bonchev–Trinajstić information content (AvgIpc) is 2.28. The maximum absolute atomic E-state index is 13.6. The van der Waals surface area contributed by atoms with Crippen LogP contribution in [0.15, 0.2) is 12.1 Å². The lowest BCUT2D eigenvalue weighted by atomic mass is 10.0. The number of hydrogen-bond donors (Lipinski definition) is 1. The second-order valence-corrected chi connectivity index (χ2v) is 3.20. The third-order valence-corrected chi connectivity index (χ3v) is 2.21. The van der Waals surface area contributed by atoms with E-state index in [1.54, 1.807) is 0 Å². The number of benzene rings is 1. The van der Waals surface area contributed by atoms with Crippen LogP contribution in [0.2, 0.25) is 0 Å². The van der Waals surface area contributed by atoms with Crippen molar-refractivity contribution >= 4 is 0 Å². The Labute approximate surface area is 93.4 Å². The van der Waals surface area contributed by atoms with Gasteiger partial charge >= 0.3 is 0 Å². The fourth-order valence-corrected chi connectivity index (χ4v) is 1.36. The van der Waals surface area contributed by atoms with E-state index < -0.39 is 11.9 Å². The van der Waals surface area contributed by atoms with E-state index in [4.69, 9.17) is 20.5 Å². The Morgan fingerprint density at radius 1 is 1.38 bits per heavy atom. The highest BCUT2D eigenvalue weighted by molar-refractivity contribution is 5.44. The van der Waals surface area contributed by atoms with Crippen LogP contribution in [0.1, 0.15) is 18.0 Å². The van der Waals surface area contributed by atoms with Gasteiger partial charge in [-0.05, 0) is 6.07 Å². The van der Waals surface area contributed by atoms with Crippen LogP contribution < -0.4 is 15.2 Å². The molecule has 1 aromatic carbocycles. The monoisotopic (exact) mass is 224 g/mol. The summed E-state index contributed by atoms with van der Waals surface area (Å²) in [5.41, 5.74) is 5.91. The summed E-state index contributed by atoms with van der Waals surface area (Å²) in [6.45, 7) is 0. The number of methoxy groups -OCH3 is 2. The summed E-state index contributed by atoms with van der Waals surface area (Å²) in [6, 6.07) is 3.89. The molecule has 1 rings (SSSR count). The van der Waals surface area contributed by atoms with Crippen LogP contribution >= 0.6 is 0 Å². The van der Waals surface area contributed by atoms with Crippen LogP contribution in [0.4, 0.5) is 4.39 Å². The number of hydrogen-bond acceptors (Lipinski definition) is 4. The molecule has 0 bridgehead atoms. The van der Waals surface area contributed by atoms with Gasteiger partial charge in [0.05, 0.1) is 26.7 Å². The van der Waals surface area contributed by atoms with E-state index in [9.17, 15) is 4.39 Å². The fourth-order valence-electron chi connectivity index (χ4n) is 1.36. The van der Waals surface area contributed by atoms with Gasteiger partial charge in [0.1, 0.15) is 5.82 Å². The predicted octanol–water partition coefficient (Wildman–Crippen LogP) is 1.76. The van der Waals surface area contributed by atoms with E-state index in [1.165, 1.54) is 26.4 Å². The zero-order chi connectivity index (χ0) is 12.1. The molecule has 0 amide bonds. The van der Waals surface area contributed by atoms with Crippen molar-refractivity contribution in [1.29, 1.82) is 5.26 Å². The maximum Gasteiger partial charge on any atom is 0.163 e. The molecule has 0 heterocycles. The van der Waals surface area contributed by atoms with E-state index in [-0.39, 0.29) is 12.0 Å². The normalized spacial score (nSPS) is 11.7. The maximum atomic E-state index is 13.6. The van der Waals surface area contributed by atoms with Crippen molar-refractivity contribution in [2.45, 2.75) is 12.5 Å². The molecule has 0 spiro atoms. The molecule has 0 unspecified atom stereocenters. The fraction of sp³-hybridized carbons (Fsp3) is 0.364. The van der Waals surface area contributed by atoms with Gasteiger partial charge in [0.25, 0.3) is 0 Å². The Balaban J connectivity index is 3.16. The molecule has 0 aliphatic heterocycles. The van der Waals surface area contributed by atoms with Gasteiger partial charge in [-0.25, -0.2) is 4.39 Å². The molecule has 86 valence electrons. The molecule has 1 aromatic rings. The van der Waals surface area contributed by atoms with Gasteiger partial charge in [-0.2, -0.15) is 5.26 Å². The highest BCUT2D eigenvalue weighted by Crippen LogP contribution is 2.32. The first-order chi connectivity index (χ1) is 7.63. The highest BCUT2D eigenvalue weighted by Gasteiger charge is 2.16. The van der Waals surface area contributed by atoms with Crippen LogP contribution in [0.5, 0.6) is 11.5 Å². The number of halogens is 1. The number of rotatable bonds is 4. The average molecular weight is 224 g/mol. The zero-order valence-electron chi connectivity index (χ0n) is 9.16. The van der Waals surface area contributed by atoms with Crippen LogP contribution in [0.25, 0.3) is 0 Å². The minimum Gasteiger partial charge on any atom is -0.493 e. The molecule has 4 nitrogen and oxygen atoms in total. The molecule has 16 heavy (non-hydrogen) atoms. The first-order valence-corrected chi connectivity index (χ1v) is 4.68. The van der Waals surface area contributed by atoms with Crippen molar-refractivity contribution in [3.8, 4) is 17.6 Å². The van der Waals surface area contributed by atoms with E-state index >= 15 is 0 Å². The Bertz CT molecular complexity index is 415. The number of nitrogens with two attached hydrogens (primary N) is 1. The van der Waals surface area contributed by atoms with Crippen LogP contribution in [0, 0.1) is 17.1 Å². The molecule has 0 radical (unpaired) electrons. The van der Waals surface area contributed by atoms with Gasteiger partial charge in [-0.1, -0.05) is 0 Å². The minimum absolute atomic E-state index is 0.0480. The SMILES string of the molecule is COc1cc(F)c([C@@H](N)CC#N)cc1OC. The zero-order valence-corrected chi connectivity index (χ0v) is 9.16. The van der Waals surface area contributed by atoms with Crippen LogP contribution in [-0.4, -0.2) is 14.2 Å². The summed E-state index contributed by atoms with van der Waals surface area (Å²) in [5, 5.41) is 8.51. The third-order valence-electron chi connectivity index (χ3n) is 2.21. The quantitative estimate of drug-likeness (QED) is 0.846. The number of nitriles is 1. The van der Waals surface area contributed by atoms with Gasteiger partial charge in [0.2, 0.25) is 0 Å². The van der Waals surface area contributed by atoms with Crippen LogP contribution in [0.3, 0.4) is 0 Å². The third kappa shape index (κ3) is 2.41. The topological polar surface area (TPSA) is 68.3 Å². The Hall–Kier alpha value is -1.80. The van der Waals surface area contributed by atoms with E-state index in [0.717, 1.165) is 0 Å². The smallest absolute Gasteiger partial charge is 0.163 e. The summed E-state index contributed by atoms with van der Waals surface area (Å²) >= 11 is 0. The molecule has 2 N–H and O–H groups in total. The summed E-state index contributed by atoms with van der Waals surface area (Å²) in [4.78, 5) is 0. The molecule has 0 aliphatic carbocycles. The minimum atomic E-state index is -0.662. The number of nitrogens with zero attached hydrogens (tertiary/aromatic N) is 1. The first-order valence-electron chi connectivity index (χ1n) is 4.68. The van der Waals surface area contributed by atoms with Gasteiger partial charge in [-0.15, -0.1) is 0 Å². The van der Waals surface area contributed by atoms with Crippen molar-refractivity contribution in [3.05, 3.63) is 23.5 Å². The van der Waals surface area contributed by atoms with Gasteiger partial charge < -0.3 is 15.2 Å². The molecule has 0 aromatic heterocycles. The lowest BCUT2D eigenvalue weighted by molar-refractivity contribution is 0.351. The number of ether oxygens (including phenoxy) is 2. The predicted molar refractivity (Wildman–Crippen MR) is 56.7 cm³/mol. The van der Waals surface area contributed by atoms with E-state index in [1.807, 2.05) is 6.07 Å². The summed E-state index contributed by atoms with van der Waals surface area (Å²) < 4.78 is 23.6. The molecule has 0 aliphatic rings. The molecular weight excluding hydrogens is 211 g/mol. The van der Waals surface area contributed by atoms with E-state index in [0.29, 0.717) is 11.5 Å². The van der Waals surface area contributed by atoms with Crippen molar-refractivity contribution in [3.63, 3.8) is 0 Å². The Kier molecular flexibility index (Phi) is 4.09. The molecule has 0 saturated heterocycles. The van der Waals surface area contributed by atoms with Gasteiger partial charge in [0.15, 0.2) is 11.5 Å². The highest BCUT2D eigenvalue weighted by atomic mass is 19.1. The Morgan fingerprint density at radius 3 is 2.44 bits per heavy atom. The first kappa shape index (κ1) is 12.3. The lowest BCUT2D eigenvalue weighted by Crippen LogP contribution is -2.11. The summed E-state index contributed by atoms with van der Waals surface area (Å²) in [6.07, 6.45) is 0.0480. The van der Waals surface area contributed by atoms with Crippen molar-refractivity contribution in [2.75, 3.05) is 14.2 Å². The largest absolute Gasteiger partial charge is 0.493 e. The van der Waals surface area contributed by atoms with Crippen molar-refractivity contribution < 1.29 is 13.9 Å². The summed E-state index contributed by atoms with van der Waals surface area (Å²) in [7, 11) is 2.88. The molecule has 0 fully saturated rings. The van der Waals surface area contributed by atoms with Crippen molar-refractivity contribution in [2.24, 2.45) is 5.73 Å². The summed E-state index contributed by atoms with van der Waals surface area (Å²) in [5.74, 6) is 0.195. The van der Waals surface area contributed by atoms with E-state index in [2.05, 4.69) is 0 Å². The Morgan fingerprint density at radius 2 is 1.94 bits per heavy atom. The second kappa shape index (κ2) is 5.33. The molecular formula is C11H13FN2O2. The van der Waals surface area contributed by atoms with Crippen LogP contribution in [-0.2, 0) is 0 Å². The lowest BCUT2D eigenvalue weighted by Gasteiger charge is -2.13. The molecule has 1 atom stereocenters. The van der Waals surface area contributed by atoms with Gasteiger partial charge in [-0.3, -0.25) is 0 Å². The molecule has 5 heteroatoms. The van der Waals surface area contributed by atoms with Gasteiger partial charge in [0, 0.05) is 17.7 Å². The van der Waals surface area contributed by atoms with Crippen molar-refractivity contribution in [1.82, 2.24) is 0 Å². The second-order valence-electron chi connectivity index (χ2n) is 3.20.